The first kappa shape index (κ1) is 19.6. The lowest BCUT2D eigenvalue weighted by molar-refractivity contribution is 0.194. The number of amides is 2. The van der Waals surface area contributed by atoms with Gasteiger partial charge in [-0.25, -0.2) is 4.79 Å². The van der Waals surface area contributed by atoms with Gasteiger partial charge in [0, 0.05) is 43.4 Å². The smallest absolute Gasteiger partial charge is 0.317 e. The highest BCUT2D eigenvalue weighted by Gasteiger charge is 2.21. The molecule has 1 aliphatic heterocycles. The molecule has 1 saturated heterocycles. The van der Waals surface area contributed by atoms with Crippen molar-refractivity contribution in [3.05, 3.63) is 64.7 Å². The molecule has 2 aromatic rings. The van der Waals surface area contributed by atoms with Gasteiger partial charge in [0.2, 0.25) is 0 Å². The van der Waals surface area contributed by atoms with Crippen molar-refractivity contribution in [1.82, 2.24) is 10.2 Å². The van der Waals surface area contributed by atoms with Crippen LogP contribution in [0.4, 0.5) is 10.5 Å². The van der Waals surface area contributed by atoms with E-state index >= 15 is 0 Å². The third-order valence-corrected chi connectivity index (χ3v) is 5.27. The summed E-state index contributed by atoms with van der Waals surface area (Å²) in [5.74, 6) is 0. The van der Waals surface area contributed by atoms with Crippen molar-refractivity contribution in [1.29, 1.82) is 0 Å². The maximum Gasteiger partial charge on any atom is 0.317 e. The Morgan fingerprint density at radius 3 is 2.11 bits per heavy atom. The molecule has 2 aromatic carbocycles. The number of hydrogen-bond acceptors (Lipinski definition) is 2. The maximum absolute atomic E-state index is 12.4. The van der Waals surface area contributed by atoms with E-state index in [0.29, 0.717) is 11.6 Å². The molecule has 2 amide bonds. The fourth-order valence-corrected chi connectivity index (χ4v) is 3.36. The maximum atomic E-state index is 12.4. The molecule has 0 aromatic heterocycles. The highest BCUT2D eigenvalue weighted by atomic mass is 35.5. The van der Waals surface area contributed by atoms with Crippen LogP contribution < -0.4 is 10.2 Å². The molecule has 27 heavy (non-hydrogen) atoms. The van der Waals surface area contributed by atoms with Gasteiger partial charge in [0.15, 0.2) is 0 Å². The molecule has 0 unspecified atom stereocenters. The molecule has 0 aliphatic carbocycles. The predicted octanol–water partition coefficient (Wildman–Crippen LogP) is 4.67. The Balaban J connectivity index is 1.49. The van der Waals surface area contributed by atoms with Gasteiger partial charge in [-0.15, -0.1) is 0 Å². The van der Waals surface area contributed by atoms with Gasteiger partial charge in [-0.2, -0.15) is 0 Å². The Labute approximate surface area is 167 Å². The summed E-state index contributed by atoms with van der Waals surface area (Å²) in [7, 11) is 0. The molecule has 1 N–H and O–H groups in total. The number of benzene rings is 2. The van der Waals surface area contributed by atoms with Crippen molar-refractivity contribution >= 4 is 23.3 Å². The van der Waals surface area contributed by atoms with E-state index in [0.717, 1.165) is 31.7 Å². The number of halogens is 1. The lowest BCUT2D eigenvalue weighted by Gasteiger charge is -2.36. The second kappa shape index (κ2) is 8.22. The van der Waals surface area contributed by atoms with E-state index in [9.17, 15) is 4.79 Å². The number of carbonyl (C=O) groups is 1. The Morgan fingerprint density at radius 1 is 0.963 bits per heavy atom. The number of carbonyl (C=O) groups excluding carboxylic acids is 1. The molecule has 0 saturated carbocycles. The highest BCUT2D eigenvalue weighted by molar-refractivity contribution is 6.30. The summed E-state index contributed by atoms with van der Waals surface area (Å²) >= 11 is 5.89. The molecule has 1 fully saturated rings. The van der Waals surface area contributed by atoms with Gasteiger partial charge in [0.1, 0.15) is 0 Å². The van der Waals surface area contributed by atoms with E-state index in [1.54, 1.807) is 0 Å². The SMILES string of the molecule is CC(C)(C)c1ccc(N2CCN(C(=O)NCc3ccc(Cl)cc3)CC2)cc1. The molecular weight excluding hydrogens is 358 g/mol. The summed E-state index contributed by atoms with van der Waals surface area (Å²) in [6.45, 7) is 10.4. The van der Waals surface area contributed by atoms with E-state index in [1.807, 2.05) is 29.2 Å². The van der Waals surface area contributed by atoms with Gasteiger partial charge >= 0.3 is 6.03 Å². The Morgan fingerprint density at radius 2 is 1.56 bits per heavy atom. The third-order valence-electron chi connectivity index (χ3n) is 5.02. The monoisotopic (exact) mass is 385 g/mol. The van der Waals surface area contributed by atoms with Gasteiger partial charge in [-0.3, -0.25) is 0 Å². The number of nitrogens with zero attached hydrogens (tertiary/aromatic N) is 2. The van der Waals surface area contributed by atoms with Crippen LogP contribution in [0.25, 0.3) is 0 Å². The Kier molecular flexibility index (Phi) is 5.95. The van der Waals surface area contributed by atoms with Crippen LogP contribution in [0.3, 0.4) is 0 Å². The van der Waals surface area contributed by atoms with Crippen molar-refractivity contribution in [3.8, 4) is 0 Å². The first-order valence-electron chi connectivity index (χ1n) is 9.46. The summed E-state index contributed by atoms with van der Waals surface area (Å²) in [6, 6.07) is 16.3. The number of rotatable bonds is 3. The molecular formula is C22H28ClN3O. The Hall–Kier alpha value is -2.20. The van der Waals surface area contributed by atoms with Crippen LogP contribution in [-0.2, 0) is 12.0 Å². The second-order valence-electron chi connectivity index (χ2n) is 8.06. The molecule has 0 radical (unpaired) electrons. The van der Waals surface area contributed by atoms with Crippen LogP contribution >= 0.6 is 11.6 Å². The van der Waals surface area contributed by atoms with Crippen LogP contribution in [0.2, 0.25) is 5.02 Å². The lowest BCUT2D eigenvalue weighted by atomic mass is 9.87. The number of hydrogen-bond donors (Lipinski definition) is 1. The van der Waals surface area contributed by atoms with Gasteiger partial charge < -0.3 is 15.1 Å². The number of piperazine rings is 1. The van der Waals surface area contributed by atoms with Crippen LogP contribution in [0, 0.1) is 0 Å². The molecule has 1 aliphatic rings. The molecule has 0 atom stereocenters. The van der Waals surface area contributed by atoms with Gasteiger partial charge in [-0.1, -0.05) is 56.6 Å². The van der Waals surface area contributed by atoms with Crippen LogP contribution in [0.15, 0.2) is 48.5 Å². The average Bonchev–Trinajstić information content (AvgIpc) is 2.67. The van der Waals surface area contributed by atoms with Crippen LogP contribution in [-0.4, -0.2) is 37.1 Å². The normalized spacial score (nSPS) is 15.0. The quantitative estimate of drug-likeness (QED) is 0.833. The standard InChI is InChI=1S/C22H28ClN3O/c1-22(2,3)18-6-10-20(11-7-18)25-12-14-26(15-13-25)21(27)24-16-17-4-8-19(23)9-5-17/h4-11H,12-16H2,1-3H3,(H,24,27). The fourth-order valence-electron chi connectivity index (χ4n) is 3.23. The molecule has 3 rings (SSSR count). The van der Waals surface area contributed by atoms with E-state index in [-0.39, 0.29) is 11.4 Å². The summed E-state index contributed by atoms with van der Waals surface area (Å²) in [5.41, 5.74) is 3.78. The van der Waals surface area contributed by atoms with E-state index in [1.165, 1.54) is 11.3 Å². The van der Waals surface area contributed by atoms with Gasteiger partial charge in [0.25, 0.3) is 0 Å². The largest absolute Gasteiger partial charge is 0.368 e. The van der Waals surface area contributed by atoms with Gasteiger partial charge in [0.05, 0.1) is 0 Å². The molecule has 1 heterocycles. The Bertz CT molecular complexity index is 758. The zero-order chi connectivity index (χ0) is 19.4. The number of anilines is 1. The zero-order valence-electron chi connectivity index (χ0n) is 16.3. The summed E-state index contributed by atoms with van der Waals surface area (Å²) in [6.07, 6.45) is 0. The zero-order valence-corrected chi connectivity index (χ0v) is 17.1. The average molecular weight is 386 g/mol. The van der Waals surface area contributed by atoms with Crippen molar-refractivity contribution in [2.75, 3.05) is 31.1 Å². The lowest BCUT2D eigenvalue weighted by Crippen LogP contribution is -2.51. The molecule has 5 heteroatoms. The van der Waals surface area contributed by atoms with E-state index < -0.39 is 0 Å². The fraction of sp³-hybridized carbons (Fsp3) is 0.409. The van der Waals surface area contributed by atoms with E-state index in [2.05, 4.69) is 55.3 Å². The van der Waals surface area contributed by atoms with Gasteiger partial charge in [-0.05, 0) is 40.8 Å². The molecule has 0 bridgehead atoms. The number of urea groups is 1. The summed E-state index contributed by atoms with van der Waals surface area (Å²) < 4.78 is 0. The first-order chi connectivity index (χ1) is 12.8. The van der Waals surface area contributed by atoms with Crippen molar-refractivity contribution in [3.63, 3.8) is 0 Å². The summed E-state index contributed by atoms with van der Waals surface area (Å²) in [5, 5.41) is 3.70. The minimum Gasteiger partial charge on any atom is -0.368 e. The van der Waals surface area contributed by atoms with Crippen molar-refractivity contribution in [2.45, 2.75) is 32.7 Å². The molecule has 4 nitrogen and oxygen atoms in total. The minimum absolute atomic E-state index is 0.00678. The van der Waals surface area contributed by atoms with Crippen LogP contribution in [0.5, 0.6) is 0 Å². The third kappa shape index (κ3) is 5.16. The second-order valence-corrected chi connectivity index (χ2v) is 8.49. The van der Waals surface area contributed by atoms with Crippen molar-refractivity contribution in [2.24, 2.45) is 0 Å². The molecule has 144 valence electrons. The first-order valence-corrected chi connectivity index (χ1v) is 9.83. The highest BCUT2D eigenvalue weighted by Crippen LogP contribution is 2.25. The topological polar surface area (TPSA) is 35.6 Å². The summed E-state index contributed by atoms with van der Waals surface area (Å²) in [4.78, 5) is 16.6. The minimum atomic E-state index is -0.00678. The van der Waals surface area contributed by atoms with Crippen LogP contribution in [0.1, 0.15) is 31.9 Å². The molecule has 0 spiro atoms. The van der Waals surface area contributed by atoms with Crippen molar-refractivity contribution < 1.29 is 4.79 Å². The van der Waals surface area contributed by atoms with E-state index in [4.69, 9.17) is 11.6 Å². The number of nitrogens with one attached hydrogen (secondary N) is 1. The predicted molar refractivity (Wildman–Crippen MR) is 113 cm³/mol.